The maximum absolute atomic E-state index is 11.6. The Morgan fingerprint density at radius 1 is 1.05 bits per heavy atom. The standard InChI is InChI=1S/C18H31NO2/c1-4-5-6-9-12-17(20)13-10-7-8-11-14-18(21)19-15-16(2)3/h7-8,11,14,16H,4-6,9-10,12-13,15H2,1-3H3,(H,19,21)/b8-7+,14-11+. The number of carbonyl (C=O) groups excluding carboxylic acids is 2. The van der Waals surface area contributed by atoms with E-state index in [0.717, 1.165) is 19.3 Å². The predicted molar refractivity (Wildman–Crippen MR) is 89.1 cm³/mol. The lowest BCUT2D eigenvalue weighted by molar-refractivity contribution is -0.119. The number of Topliss-reactive ketones (excluding diaryl/α,β-unsaturated/α-hetero) is 1. The van der Waals surface area contributed by atoms with E-state index in [-0.39, 0.29) is 5.91 Å². The molecule has 1 N–H and O–H groups in total. The van der Waals surface area contributed by atoms with Crippen LogP contribution in [-0.4, -0.2) is 18.2 Å². The zero-order valence-electron chi connectivity index (χ0n) is 13.9. The lowest BCUT2D eigenvalue weighted by atomic mass is 10.1. The molecule has 0 bridgehead atoms. The Bertz CT molecular complexity index is 343. The van der Waals surface area contributed by atoms with Crippen molar-refractivity contribution in [2.45, 2.75) is 65.7 Å². The second kappa shape index (κ2) is 13.6. The summed E-state index contributed by atoms with van der Waals surface area (Å²) in [6.45, 7) is 6.98. The van der Waals surface area contributed by atoms with Gasteiger partial charge < -0.3 is 5.32 Å². The molecular weight excluding hydrogens is 262 g/mol. The van der Waals surface area contributed by atoms with E-state index in [1.54, 1.807) is 6.08 Å². The molecule has 0 saturated carbocycles. The van der Waals surface area contributed by atoms with E-state index in [9.17, 15) is 9.59 Å². The van der Waals surface area contributed by atoms with Gasteiger partial charge in [-0.1, -0.05) is 58.3 Å². The minimum Gasteiger partial charge on any atom is -0.352 e. The molecule has 0 aliphatic rings. The van der Waals surface area contributed by atoms with Crippen LogP contribution in [0.5, 0.6) is 0 Å². The summed E-state index contributed by atoms with van der Waals surface area (Å²) in [7, 11) is 0. The molecule has 0 unspecified atom stereocenters. The molecule has 0 aromatic heterocycles. The Morgan fingerprint density at radius 3 is 2.48 bits per heavy atom. The quantitative estimate of drug-likeness (QED) is 0.333. The molecule has 0 aromatic rings. The molecule has 0 rings (SSSR count). The van der Waals surface area contributed by atoms with E-state index in [4.69, 9.17) is 0 Å². The molecule has 0 aliphatic carbocycles. The molecule has 3 nitrogen and oxygen atoms in total. The van der Waals surface area contributed by atoms with Crippen LogP contribution in [0, 0.1) is 5.92 Å². The molecule has 120 valence electrons. The van der Waals surface area contributed by atoms with Crippen molar-refractivity contribution in [2.75, 3.05) is 6.54 Å². The van der Waals surface area contributed by atoms with Gasteiger partial charge in [0.25, 0.3) is 0 Å². The highest BCUT2D eigenvalue weighted by Crippen LogP contribution is 2.05. The average molecular weight is 293 g/mol. The van der Waals surface area contributed by atoms with Gasteiger partial charge in [-0.05, 0) is 18.8 Å². The fourth-order valence-electron chi connectivity index (χ4n) is 1.80. The summed E-state index contributed by atoms with van der Waals surface area (Å²) in [5.74, 6) is 0.732. The van der Waals surface area contributed by atoms with Gasteiger partial charge in [-0.15, -0.1) is 0 Å². The van der Waals surface area contributed by atoms with Crippen LogP contribution in [0.15, 0.2) is 24.3 Å². The van der Waals surface area contributed by atoms with Crippen LogP contribution in [-0.2, 0) is 9.59 Å². The van der Waals surface area contributed by atoms with Crippen LogP contribution in [0.1, 0.15) is 65.7 Å². The minimum absolute atomic E-state index is 0.0691. The fraction of sp³-hybridized carbons (Fsp3) is 0.667. The molecular formula is C18H31NO2. The zero-order chi connectivity index (χ0) is 15.9. The van der Waals surface area contributed by atoms with Crippen molar-refractivity contribution in [3.05, 3.63) is 24.3 Å². The SMILES string of the molecule is CCCCCCC(=O)CC/C=C/C=C/C(=O)NCC(C)C. The van der Waals surface area contributed by atoms with Gasteiger partial charge in [-0.3, -0.25) is 9.59 Å². The Kier molecular flexibility index (Phi) is 12.7. The van der Waals surface area contributed by atoms with Crippen LogP contribution < -0.4 is 5.32 Å². The van der Waals surface area contributed by atoms with Crippen molar-refractivity contribution in [1.82, 2.24) is 5.32 Å². The van der Waals surface area contributed by atoms with Gasteiger partial charge >= 0.3 is 0 Å². The number of carbonyl (C=O) groups is 2. The third-order valence-corrected chi connectivity index (χ3v) is 3.08. The van der Waals surface area contributed by atoms with E-state index < -0.39 is 0 Å². The van der Waals surface area contributed by atoms with Crippen LogP contribution >= 0.6 is 0 Å². The third-order valence-electron chi connectivity index (χ3n) is 3.08. The van der Waals surface area contributed by atoms with Gasteiger partial charge in [0, 0.05) is 25.5 Å². The van der Waals surface area contributed by atoms with Gasteiger partial charge in [0.05, 0.1) is 0 Å². The Labute approximate surface area is 129 Å². The molecule has 3 heteroatoms. The molecule has 0 aromatic carbocycles. The predicted octanol–water partition coefficient (Wildman–Crippen LogP) is 4.19. The Hall–Kier alpha value is -1.38. The fourth-order valence-corrected chi connectivity index (χ4v) is 1.80. The first-order valence-electron chi connectivity index (χ1n) is 8.19. The van der Waals surface area contributed by atoms with E-state index in [2.05, 4.69) is 26.1 Å². The van der Waals surface area contributed by atoms with Crippen molar-refractivity contribution >= 4 is 11.7 Å². The summed E-state index contributed by atoms with van der Waals surface area (Å²) in [6, 6.07) is 0. The second-order valence-electron chi connectivity index (χ2n) is 5.81. The first-order valence-corrected chi connectivity index (χ1v) is 8.19. The highest BCUT2D eigenvalue weighted by atomic mass is 16.1. The van der Waals surface area contributed by atoms with Crippen molar-refractivity contribution < 1.29 is 9.59 Å². The summed E-state index contributed by atoms with van der Waals surface area (Å²) < 4.78 is 0. The molecule has 0 aliphatic heterocycles. The van der Waals surface area contributed by atoms with Crippen LogP contribution in [0.25, 0.3) is 0 Å². The highest BCUT2D eigenvalue weighted by Gasteiger charge is 1.99. The molecule has 1 amide bonds. The number of unbranched alkanes of at least 4 members (excludes halogenated alkanes) is 3. The molecule has 0 heterocycles. The average Bonchev–Trinajstić information content (AvgIpc) is 2.45. The smallest absolute Gasteiger partial charge is 0.243 e. The number of nitrogens with one attached hydrogen (secondary N) is 1. The number of hydrogen-bond acceptors (Lipinski definition) is 2. The Morgan fingerprint density at radius 2 is 1.81 bits per heavy atom. The number of rotatable bonds is 12. The molecule has 0 spiro atoms. The monoisotopic (exact) mass is 293 g/mol. The van der Waals surface area contributed by atoms with Crippen molar-refractivity contribution in [3.8, 4) is 0 Å². The zero-order valence-corrected chi connectivity index (χ0v) is 13.9. The number of amides is 1. The third kappa shape index (κ3) is 14.8. The van der Waals surface area contributed by atoms with Crippen molar-refractivity contribution in [3.63, 3.8) is 0 Å². The summed E-state index contributed by atoms with van der Waals surface area (Å²) >= 11 is 0. The molecule has 0 fully saturated rings. The van der Waals surface area contributed by atoms with Gasteiger partial charge in [-0.2, -0.15) is 0 Å². The Balaban J connectivity index is 3.62. The highest BCUT2D eigenvalue weighted by molar-refractivity contribution is 5.87. The van der Waals surface area contributed by atoms with E-state index in [1.807, 2.05) is 12.2 Å². The maximum atomic E-state index is 11.6. The normalized spacial score (nSPS) is 11.6. The molecule has 0 radical (unpaired) electrons. The van der Waals surface area contributed by atoms with E-state index in [0.29, 0.717) is 31.1 Å². The molecule has 21 heavy (non-hydrogen) atoms. The lowest BCUT2D eigenvalue weighted by Crippen LogP contribution is -2.25. The summed E-state index contributed by atoms with van der Waals surface area (Å²) in [5, 5.41) is 2.81. The summed E-state index contributed by atoms with van der Waals surface area (Å²) in [4.78, 5) is 23.0. The van der Waals surface area contributed by atoms with E-state index in [1.165, 1.54) is 18.9 Å². The second-order valence-corrected chi connectivity index (χ2v) is 5.81. The number of hydrogen-bond donors (Lipinski definition) is 1. The van der Waals surface area contributed by atoms with Crippen LogP contribution in [0.2, 0.25) is 0 Å². The van der Waals surface area contributed by atoms with Crippen molar-refractivity contribution in [2.24, 2.45) is 5.92 Å². The van der Waals surface area contributed by atoms with Gasteiger partial charge in [0.1, 0.15) is 5.78 Å². The number of ketones is 1. The lowest BCUT2D eigenvalue weighted by Gasteiger charge is -2.03. The first kappa shape index (κ1) is 19.6. The van der Waals surface area contributed by atoms with Crippen molar-refractivity contribution in [1.29, 1.82) is 0 Å². The maximum Gasteiger partial charge on any atom is 0.243 e. The van der Waals surface area contributed by atoms with Crippen LogP contribution in [0.3, 0.4) is 0 Å². The van der Waals surface area contributed by atoms with Gasteiger partial charge in [-0.25, -0.2) is 0 Å². The topological polar surface area (TPSA) is 46.2 Å². The number of allylic oxidation sites excluding steroid dienone is 3. The minimum atomic E-state index is -0.0691. The molecule has 0 atom stereocenters. The van der Waals surface area contributed by atoms with Crippen LogP contribution in [0.4, 0.5) is 0 Å². The first-order chi connectivity index (χ1) is 10.1. The summed E-state index contributed by atoms with van der Waals surface area (Å²) in [6.07, 6.45) is 13.7. The molecule has 0 saturated heterocycles. The van der Waals surface area contributed by atoms with E-state index >= 15 is 0 Å². The van der Waals surface area contributed by atoms with Gasteiger partial charge in [0.2, 0.25) is 5.91 Å². The van der Waals surface area contributed by atoms with Gasteiger partial charge in [0.15, 0.2) is 0 Å². The summed E-state index contributed by atoms with van der Waals surface area (Å²) in [5.41, 5.74) is 0. The largest absolute Gasteiger partial charge is 0.352 e.